The van der Waals surface area contributed by atoms with Gasteiger partial charge in [-0.1, -0.05) is 18.2 Å². The van der Waals surface area contributed by atoms with Gasteiger partial charge in [0, 0.05) is 6.21 Å². The van der Waals surface area contributed by atoms with Gasteiger partial charge < -0.3 is 0 Å². The summed E-state index contributed by atoms with van der Waals surface area (Å²) in [6.07, 6.45) is 9.70. The summed E-state index contributed by atoms with van der Waals surface area (Å²) in [7, 11) is 0. The van der Waals surface area contributed by atoms with Crippen molar-refractivity contribution in [3.8, 4) is 0 Å². The zero-order valence-electron chi connectivity index (χ0n) is 4.45. The lowest BCUT2D eigenvalue weighted by Gasteiger charge is -1.71. The predicted molar refractivity (Wildman–Crippen MR) is 38.9 cm³/mol. The Balaban J connectivity index is 0.000000490. The molecule has 0 aromatic carbocycles. The van der Waals surface area contributed by atoms with Crippen LogP contribution in [0.25, 0.3) is 0 Å². The van der Waals surface area contributed by atoms with Crippen molar-refractivity contribution in [2.24, 2.45) is 4.99 Å². The van der Waals surface area contributed by atoms with Crippen LogP contribution in [0.3, 0.4) is 0 Å². The van der Waals surface area contributed by atoms with E-state index in [1.807, 2.05) is 24.3 Å². The molecule has 0 saturated carbocycles. The third-order valence-corrected chi connectivity index (χ3v) is 0.761. The molecule has 0 bridgehead atoms. The normalized spacial score (nSPS) is 15.0. The Labute approximate surface area is 55.2 Å². The molecular formula is C6H8ClN. The van der Waals surface area contributed by atoms with Crippen molar-refractivity contribution >= 4 is 18.6 Å². The Morgan fingerprint density at radius 2 is 2.00 bits per heavy atom. The van der Waals surface area contributed by atoms with Gasteiger partial charge in [-0.15, -0.1) is 12.4 Å². The summed E-state index contributed by atoms with van der Waals surface area (Å²) in [5, 5.41) is 0. The molecule has 1 aliphatic rings. The molecular weight excluding hydrogens is 122 g/mol. The fourth-order valence-corrected chi connectivity index (χ4v) is 0.436. The average molecular weight is 130 g/mol. The van der Waals surface area contributed by atoms with Gasteiger partial charge in [0.25, 0.3) is 0 Å². The molecule has 0 atom stereocenters. The SMILES string of the molecule is C1=CC=NCC=C1.Cl. The molecule has 1 aliphatic heterocycles. The van der Waals surface area contributed by atoms with Gasteiger partial charge in [-0.2, -0.15) is 0 Å². The van der Waals surface area contributed by atoms with E-state index in [9.17, 15) is 0 Å². The van der Waals surface area contributed by atoms with Crippen LogP contribution in [0.1, 0.15) is 0 Å². The minimum absolute atomic E-state index is 0. The second-order valence-electron chi connectivity index (χ2n) is 1.33. The maximum atomic E-state index is 3.97. The van der Waals surface area contributed by atoms with Crippen molar-refractivity contribution in [3.05, 3.63) is 24.3 Å². The summed E-state index contributed by atoms with van der Waals surface area (Å²) >= 11 is 0. The Bertz CT molecular complexity index is 110. The van der Waals surface area contributed by atoms with Gasteiger partial charge >= 0.3 is 0 Å². The van der Waals surface area contributed by atoms with E-state index in [0.717, 1.165) is 6.54 Å². The van der Waals surface area contributed by atoms with Crippen molar-refractivity contribution in [3.63, 3.8) is 0 Å². The van der Waals surface area contributed by atoms with Crippen LogP contribution < -0.4 is 0 Å². The van der Waals surface area contributed by atoms with E-state index < -0.39 is 0 Å². The average Bonchev–Trinajstić information content (AvgIpc) is 1.90. The largest absolute Gasteiger partial charge is 0.289 e. The highest BCUT2D eigenvalue weighted by molar-refractivity contribution is 5.85. The van der Waals surface area contributed by atoms with E-state index in [-0.39, 0.29) is 12.4 Å². The minimum Gasteiger partial charge on any atom is -0.289 e. The standard InChI is InChI=1S/C6H7N.ClH/c1-2-4-6-7-5-3-1;/h1-5H,6H2;1H. The highest BCUT2D eigenvalue weighted by atomic mass is 35.5. The number of hydrogen-bond donors (Lipinski definition) is 0. The van der Waals surface area contributed by atoms with Gasteiger partial charge in [0.15, 0.2) is 0 Å². The van der Waals surface area contributed by atoms with Crippen LogP contribution in [0.4, 0.5) is 0 Å². The number of hydrogen-bond acceptors (Lipinski definition) is 1. The topological polar surface area (TPSA) is 12.4 Å². The Morgan fingerprint density at radius 3 is 2.88 bits per heavy atom. The molecule has 0 unspecified atom stereocenters. The zero-order valence-corrected chi connectivity index (χ0v) is 5.27. The van der Waals surface area contributed by atoms with E-state index in [4.69, 9.17) is 0 Å². The minimum atomic E-state index is 0. The summed E-state index contributed by atoms with van der Waals surface area (Å²) in [6, 6.07) is 0. The lowest BCUT2D eigenvalue weighted by atomic mass is 10.5. The number of rotatable bonds is 0. The van der Waals surface area contributed by atoms with E-state index >= 15 is 0 Å². The van der Waals surface area contributed by atoms with Crippen molar-refractivity contribution in [1.82, 2.24) is 0 Å². The van der Waals surface area contributed by atoms with Crippen LogP contribution in [-0.4, -0.2) is 12.8 Å². The Kier molecular flexibility index (Phi) is 4.27. The molecule has 0 radical (unpaired) electrons. The van der Waals surface area contributed by atoms with Crippen molar-refractivity contribution in [2.45, 2.75) is 0 Å². The first-order valence-electron chi connectivity index (χ1n) is 2.32. The molecule has 1 nitrogen and oxygen atoms in total. The second-order valence-corrected chi connectivity index (χ2v) is 1.33. The number of halogens is 1. The van der Waals surface area contributed by atoms with Crippen LogP contribution in [-0.2, 0) is 0 Å². The molecule has 0 aliphatic carbocycles. The zero-order chi connectivity index (χ0) is 4.95. The van der Waals surface area contributed by atoms with Gasteiger partial charge in [0.2, 0.25) is 0 Å². The summed E-state index contributed by atoms with van der Waals surface area (Å²) in [5.41, 5.74) is 0. The van der Waals surface area contributed by atoms with E-state index in [1.165, 1.54) is 0 Å². The highest BCUT2D eigenvalue weighted by Gasteiger charge is 1.70. The van der Waals surface area contributed by atoms with Gasteiger partial charge in [-0.25, -0.2) is 0 Å². The van der Waals surface area contributed by atoms with Gasteiger partial charge in [0.05, 0.1) is 6.54 Å². The smallest absolute Gasteiger partial charge is 0.0573 e. The van der Waals surface area contributed by atoms with Crippen LogP contribution in [0.15, 0.2) is 29.3 Å². The molecule has 1 rings (SSSR count). The van der Waals surface area contributed by atoms with Crippen LogP contribution >= 0.6 is 12.4 Å². The molecule has 8 heavy (non-hydrogen) atoms. The number of allylic oxidation sites excluding steroid dienone is 3. The number of aliphatic imine (C=N–C) groups is 1. The summed E-state index contributed by atoms with van der Waals surface area (Å²) in [6.45, 7) is 0.826. The Morgan fingerprint density at radius 1 is 1.12 bits per heavy atom. The molecule has 0 aromatic heterocycles. The molecule has 0 fully saturated rings. The summed E-state index contributed by atoms with van der Waals surface area (Å²) in [4.78, 5) is 3.97. The molecule has 44 valence electrons. The predicted octanol–water partition coefficient (Wildman–Crippen LogP) is 1.60. The first-order chi connectivity index (χ1) is 3.50. The van der Waals surface area contributed by atoms with Crippen LogP contribution in [0.5, 0.6) is 0 Å². The fraction of sp³-hybridized carbons (Fsp3) is 0.167. The van der Waals surface area contributed by atoms with Gasteiger partial charge in [-0.05, 0) is 6.08 Å². The molecule has 0 saturated heterocycles. The van der Waals surface area contributed by atoms with E-state index in [0.29, 0.717) is 0 Å². The van der Waals surface area contributed by atoms with Gasteiger partial charge in [0.1, 0.15) is 0 Å². The quantitative estimate of drug-likeness (QED) is 0.471. The first-order valence-corrected chi connectivity index (χ1v) is 2.32. The molecule has 0 aromatic rings. The maximum absolute atomic E-state index is 3.97. The molecule has 0 spiro atoms. The highest BCUT2D eigenvalue weighted by Crippen LogP contribution is 1.81. The first kappa shape index (κ1) is 7.44. The van der Waals surface area contributed by atoms with E-state index in [2.05, 4.69) is 4.99 Å². The number of nitrogens with zero attached hydrogens (tertiary/aromatic N) is 1. The summed E-state index contributed by atoms with van der Waals surface area (Å²) < 4.78 is 0. The molecule has 2 heteroatoms. The fourth-order valence-electron chi connectivity index (χ4n) is 0.436. The van der Waals surface area contributed by atoms with Crippen molar-refractivity contribution in [2.75, 3.05) is 6.54 Å². The molecule has 0 N–H and O–H groups in total. The van der Waals surface area contributed by atoms with Crippen molar-refractivity contribution in [1.29, 1.82) is 0 Å². The lowest BCUT2D eigenvalue weighted by Crippen LogP contribution is -1.66. The third-order valence-electron chi connectivity index (χ3n) is 0.761. The molecule has 1 heterocycles. The monoisotopic (exact) mass is 129 g/mol. The second kappa shape index (κ2) is 4.60. The van der Waals surface area contributed by atoms with Crippen LogP contribution in [0.2, 0.25) is 0 Å². The van der Waals surface area contributed by atoms with Crippen LogP contribution in [0, 0.1) is 0 Å². The summed E-state index contributed by atoms with van der Waals surface area (Å²) in [5.74, 6) is 0. The molecule has 0 amide bonds. The van der Waals surface area contributed by atoms with Gasteiger partial charge in [-0.3, -0.25) is 4.99 Å². The van der Waals surface area contributed by atoms with Crippen molar-refractivity contribution < 1.29 is 0 Å². The third kappa shape index (κ3) is 2.59. The Hall–Kier alpha value is -0.560. The lowest BCUT2D eigenvalue weighted by molar-refractivity contribution is 1.27. The van der Waals surface area contributed by atoms with E-state index in [1.54, 1.807) is 6.21 Å². The maximum Gasteiger partial charge on any atom is 0.0573 e.